The number of aliphatic hydroxyl groups is 2. The summed E-state index contributed by atoms with van der Waals surface area (Å²) in [5.41, 5.74) is 4.79. The molecule has 0 aliphatic heterocycles. The third-order valence-corrected chi connectivity index (χ3v) is 12.8. The van der Waals surface area contributed by atoms with Crippen LogP contribution in [0.3, 0.4) is 0 Å². The molecule has 1 unspecified atom stereocenters. The van der Waals surface area contributed by atoms with Gasteiger partial charge in [-0.2, -0.15) is 20.2 Å². The summed E-state index contributed by atoms with van der Waals surface area (Å²) in [5.74, 6) is 3.01. The van der Waals surface area contributed by atoms with Crippen molar-refractivity contribution in [2.24, 2.45) is 0 Å². The van der Waals surface area contributed by atoms with Gasteiger partial charge >= 0.3 is 0 Å². The van der Waals surface area contributed by atoms with Gasteiger partial charge in [0.1, 0.15) is 18.0 Å². The number of rotatable bonds is 11. The van der Waals surface area contributed by atoms with Gasteiger partial charge in [-0.15, -0.1) is 22.7 Å². The Morgan fingerprint density at radius 2 is 1.53 bits per heavy atom. The van der Waals surface area contributed by atoms with Crippen molar-refractivity contribution < 1.29 is 10.2 Å². The van der Waals surface area contributed by atoms with Crippen molar-refractivity contribution in [1.82, 2.24) is 54.4 Å². The van der Waals surface area contributed by atoms with Crippen molar-refractivity contribution in [3.63, 3.8) is 0 Å². The van der Waals surface area contributed by atoms with E-state index in [9.17, 15) is 10.2 Å². The molecule has 2 saturated carbocycles. The number of thiophene rings is 2. The van der Waals surface area contributed by atoms with Gasteiger partial charge in [-0.3, -0.25) is 4.98 Å². The maximum atomic E-state index is 11.9. The van der Waals surface area contributed by atoms with Gasteiger partial charge in [0.05, 0.1) is 86.2 Å². The second-order valence-corrected chi connectivity index (χ2v) is 16.8. The van der Waals surface area contributed by atoms with Crippen LogP contribution in [0.2, 0.25) is 0 Å². The number of nitrogens with one attached hydrogen (secondary N) is 3. The molecule has 0 radical (unpaired) electrons. The van der Waals surface area contributed by atoms with Gasteiger partial charge in [0.2, 0.25) is 11.9 Å². The van der Waals surface area contributed by atoms with Crippen LogP contribution in [-0.4, -0.2) is 95.0 Å². The van der Waals surface area contributed by atoms with E-state index < -0.39 is 12.1 Å². The Labute approximate surface area is 346 Å². The van der Waals surface area contributed by atoms with Crippen molar-refractivity contribution in [3.8, 4) is 11.5 Å². The lowest BCUT2D eigenvalue weighted by atomic mass is 9.87. The molecule has 0 amide bonds. The van der Waals surface area contributed by atoms with Crippen LogP contribution in [0.25, 0.3) is 31.9 Å². The number of hydrogen-bond acceptors (Lipinski definition) is 17. The molecule has 0 spiro atoms. The molecule has 8 heterocycles. The highest BCUT2D eigenvalue weighted by Crippen LogP contribution is 2.39. The molecule has 3 atom stereocenters. The van der Waals surface area contributed by atoms with Crippen LogP contribution in [0.5, 0.6) is 0 Å². The first-order valence-electron chi connectivity index (χ1n) is 19.7. The molecule has 10 rings (SSSR count). The Morgan fingerprint density at radius 1 is 0.763 bits per heavy atom. The lowest BCUT2D eigenvalue weighted by Crippen LogP contribution is -2.49. The van der Waals surface area contributed by atoms with E-state index in [1.54, 1.807) is 58.2 Å². The Hall–Kier alpha value is -6.15. The SMILES string of the molecule is Cc1ncccc1-n1cc(N(c2nc(NC3CCC(O)CC3)c3sccc3n2)C2C[C@H](Nc3nc(Nc4cnn(-c5ccncn5)c4)nc4ccsc34)CC[C@H]2O)cn1. The first-order valence-corrected chi connectivity index (χ1v) is 21.4. The first kappa shape index (κ1) is 37.1. The molecule has 19 heteroatoms. The zero-order valence-corrected chi connectivity index (χ0v) is 33.6. The van der Waals surface area contributed by atoms with Crippen molar-refractivity contribution >= 4 is 78.0 Å². The minimum absolute atomic E-state index is 0.0637. The van der Waals surface area contributed by atoms with Crippen molar-refractivity contribution in [1.29, 1.82) is 0 Å². The second kappa shape index (κ2) is 15.9. The molecule has 2 fully saturated rings. The van der Waals surface area contributed by atoms with Gasteiger partial charge in [-0.1, -0.05) is 0 Å². The minimum atomic E-state index is -0.689. The van der Waals surface area contributed by atoms with Gasteiger partial charge in [0.15, 0.2) is 5.82 Å². The molecule has 300 valence electrons. The topological polar surface area (TPSA) is 206 Å². The van der Waals surface area contributed by atoms with Crippen LogP contribution in [0.4, 0.5) is 34.9 Å². The molecule has 0 aromatic carbocycles. The molecule has 8 aromatic rings. The van der Waals surface area contributed by atoms with Gasteiger partial charge in [-0.05, 0) is 86.9 Å². The summed E-state index contributed by atoms with van der Waals surface area (Å²) in [6.45, 7) is 1.96. The summed E-state index contributed by atoms with van der Waals surface area (Å²) in [4.78, 5) is 34.9. The lowest BCUT2D eigenvalue weighted by molar-refractivity contribution is 0.103. The third kappa shape index (κ3) is 7.64. The van der Waals surface area contributed by atoms with E-state index in [4.69, 9.17) is 25.0 Å². The number of pyridine rings is 1. The number of nitrogens with zero attached hydrogens (tertiary/aromatic N) is 12. The Balaban J connectivity index is 0.978. The average Bonchev–Trinajstić information content (AvgIpc) is 4.09. The quantitative estimate of drug-likeness (QED) is 0.0938. The van der Waals surface area contributed by atoms with Gasteiger partial charge in [0, 0.05) is 30.5 Å². The fraction of sp³-hybridized carbons (Fsp3) is 0.325. The highest BCUT2D eigenvalue weighted by Gasteiger charge is 2.37. The van der Waals surface area contributed by atoms with E-state index in [0.29, 0.717) is 42.1 Å². The molecule has 59 heavy (non-hydrogen) atoms. The molecular weight excluding hydrogens is 787 g/mol. The summed E-state index contributed by atoms with van der Waals surface area (Å²) in [5, 5.41) is 46.2. The second-order valence-electron chi connectivity index (χ2n) is 15.0. The van der Waals surface area contributed by atoms with Gasteiger partial charge < -0.3 is 31.1 Å². The number of anilines is 6. The highest BCUT2D eigenvalue weighted by molar-refractivity contribution is 7.18. The maximum absolute atomic E-state index is 11.9. The number of hydrogen-bond donors (Lipinski definition) is 5. The van der Waals surface area contributed by atoms with Crippen molar-refractivity contribution in [3.05, 3.63) is 90.3 Å². The minimum Gasteiger partial charge on any atom is -0.393 e. The van der Waals surface area contributed by atoms with E-state index in [1.807, 2.05) is 63.9 Å². The smallest absolute Gasteiger partial charge is 0.232 e. The van der Waals surface area contributed by atoms with Gasteiger partial charge in [0.25, 0.3) is 0 Å². The molecule has 2 aliphatic rings. The Morgan fingerprint density at radius 3 is 2.32 bits per heavy atom. The number of fused-ring (bicyclic) bond motifs is 2. The Kier molecular flexibility index (Phi) is 10.0. The first-order chi connectivity index (χ1) is 28.9. The van der Waals surface area contributed by atoms with E-state index >= 15 is 0 Å². The lowest BCUT2D eigenvalue weighted by Gasteiger charge is -2.40. The maximum Gasteiger partial charge on any atom is 0.232 e. The fourth-order valence-electron chi connectivity index (χ4n) is 8.02. The summed E-state index contributed by atoms with van der Waals surface area (Å²) in [6, 6.07) is 9.35. The average molecular weight is 828 g/mol. The molecule has 17 nitrogen and oxygen atoms in total. The molecule has 0 saturated heterocycles. The largest absolute Gasteiger partial charge is 0.393 e. The summed E-state index contributed by atoms with van der Waals surface area (Å²) in [7, 11) is 0. The molecule has 2 aliphatic carbocycles. The number of aliphatic hydroxyl groups excluding tert-OH is 2. The predicted molar refractivity (Wildman–Crippen MR) is 228 cm³/mol. The zero-order valence-electron chi connectivity index (χ0n) is 32.0. The number of aromatic nitrogens is 11. The fourth-order valence-corrected chi connectivity index (χ4v) is 9.59. The normalized spacial score (nSPS) is 20.8. The van der Waals surface area contributed by atoms with E-state index in [2.05, 4.69) is 36.0 Å². The molecule has 8 aromatic heterocycles. The van der Waals surface area contributed by atoms with Crippen LogP contribution in [-0.2, 0) is 0 Å². The van der Waals surface area contributed by atoms with Gasteiger partial charge in [-0.25, -0.2) is 29.3 Å². The Bertz CT molecular complexity index is 2710. The number of aryl methyl sites for hydroxylation is 1. The highest BCUT2D eigenvalue weighted by atomic mass is 32.1. The van der Waals surface area contributed by atoms with Crippen LogP contribution in [0.1, 0.15) is 50.6 Å². The van der Waals surface area contributed by atoms with E-state index in [-0.39, 0.29) is 18.2 Å². The molecule has 0 bridgehead atoms. The standard InChI is InChI=1S/C40H41N15O2S2/c1-23-31(3-2-13-42-23)53-21-27(19-45-53)55(40-50-30-12-16-59-36(30)38(52-40)46-24-4-7-28(56)8-5-24)32-17-25(6-9-33(32)57)47-37-35-29(11-15-58-35)49-39(51-37)48-26-18-44-54(20-26)34-10-14-41-22-43-34/h2-3,10-16,18-22,24-25,28,32-33,56-57H,4-9,17H2,1H3,(H,46,50,52)(H2,47,48,49,51)/t24?,25-,28?,32?,33-/m1/s1. The van der Waals surface area contributed by atoms with Crippen LogP contribution < -0.4 is 20.9 Å². The third-order valence-electron chi connectivity index (χ3n) is 11.0. The summed E-state index contributed by atoms with van der Waals surface area (Å²) < 4.78 is 5.38. The van der Waals surface area contributed by atoms with Crippen molar-refractivity contribution in [2.45, 2.75) is 82.2 Å². The molecule has 5 N–H and O–H groups in total. The summed E-state index contributed by atoms with van der Waals surface area (Å²) in [6.07, 6.45) is 16.3. The summed E-state index contributed by atoms with van der Waals surface area (Å²) >= 11 is 3.18. The predicted octanol–water partition coefficient (Wildman–Crippen LogP) is 6.55. The zero-order chi connectivity index (χ0) is 39.9. The van der Waals surface area contributed by atoms with E-state index in [0.717, 1.165) is 75.4 Å². The van der Waals surface area contributed by atoms with E-state index in [1.165, 1.54) is 6.33 Å². The van der Waals surface area contributed by atoms with Crippen LogP contribution in [0, 0.1) is 6.92 Å². The van der Waals surface area contributed by atoms with Crippen molar-refractivity contribution in [2.75, 3.05) is 20.9 Å². The van der Waals surface area contributed by atoms with Crippen LogP contribution in [0.15, 0.2) is 84.6 Å². The monoisotopic (exact) mass is 827 g/mol. The molecular formula is C40H41N15O2S2. The van der Waals surface area contributed by atoms with Crippen LogP contribution >= 0.6 is 22.7 Å².